The lowest BCUT2D eigenvalue weighted by atomic mass is 10.1. The molecule has 28 heavy (non-hydrogen) atoms. The minimum Gasteiger partial charge on any atom is -0.339 e. The van der Waals surface area contributed by atoms with E-state index in [-0.39, 0.29) is 5.69 Å². The molecule has 1 heterocycles. The third kappa shape index (κ3) is 3.95. The highest BCUT2D eigenvalue weighted by Crippen LogP contribution is 2.25. The molecule has 0 aliphatic heterocycles. The molecular weight excluding hydrogens is 369 g/mol. The quantitative estimate of drug-likeness (QED) is 0.631. The Morgan fingerprint density at radius 3 is 2.21 bits per heavy atom. The Morgan fingerprint density at radius 1 is 0.929 bits per heavy atom. The van der Waals surface area contributed by atoms with Crippen molar-refractivity contribution in [2.24, 2.45) is 0 Å². The van der Waals surface area contributed by atoms with E-state index in [4.69, 9.17) is 0 Å². The van der Waals surface area contributed by atoms with Gasteiger partial charge < -0.3 is 10.6 Å². The molecule has 0 radical (unpaired) electrons. The van der Waals surface area contributed by atoms with E-state index in [2.05, 4.69) is 20.6 Å². The molecule has 3 rings (SSSR count). The van der Waals surface area contributed by atoms with Crippen LogP contribution in [0.4, 0.5) is 30.4 Å². The first-order chi connectivity index (χ1) is 13.3. The van der Waals surface area contributed by atoms with Gasteiger partial charge in [0, 0.05) is 5.69 Å². The number of carbonyl (C=O) groups is 1. The van der Waals surface area contributed by atoms with Gasteiger partial charge in [-0.3, -0.25) is 4.79 Å². The number of hydrogen-bond acceptors (Lipinski definition) is 4. The molecule has 0 fully saturated rings. The van der Waals surface area contributed by atoms with Crippen LogP contribution in [-0.4, -0.2) is 15.9 Å². The number of anilines is 3. The van der Waals surface area contributed by atoms with Crippen LogP contribution in [0.5, 0.6) is 0 Å². The van der Waals surface area contributed by atoms with E-state index in [0.717, 1.165) is 34.5 Å². The second kappa shape index (κ2) is 7.67. The fourth-order valence-electron chi connectivity index (χ4n) is 2.82. The summed E-state index contributed by atoms with van der Waals surface area (Å²) in [5.74, 6) is -4.86. The zero-order chi connectivity index (χ0) is 20.4. The van der Waals surface area contributed by atoms with Crippen molar-refractivity contribution < 1.29 is 18.0 Å². The number of aromatic nitrogens is 2. The second-order valence-electron chi connectivity index (χ2n) is 6.36. The molecule has 2 aromatic carbocycles. The van der Waals surface area contributed by atoms with Gasteiger partial charge in [-0.2, -0.15) is 0 Å². The van der Waals surface area contributed by atoms with Gasteiger partial charge in [0.25, 0.3) is 5.91 Å². The number of rotatable bonds is 4. The Balaban J connectivity index is 1.76. The van der Waals surface area contributed by atoms with E-state index in [1.807, 2.05) is 32.9 Å². The fourth-order valence-corrected chi connectivity index (χ4v) is 2.82. The van der Waals surface area contributed by atoms with Gasteiger partial charge in [-0.25, -0.2) is 23.1 Å². The molecule has 0 saturated heterocycles. The van der Waals surface area contributed by atoms with E-state index in [9.17, 15) is 18.0 Å². The predicted molar refractivity (Wildman–Crippen MR) is 100 cm³/mol. The first-order valence-corrected chi connectivity index (χ1v) is 8.38. The lowest BCUT2D eigenvalue weighted by Gasteiger charge is -2.13. The van der Waals surface area contributed by atoms with Crippen LogP contribution in [-0.2, 0) is 0 Å². The van der Waals surface area contributed by atoms with Crippen LogP contribution in [0.1, 0.15) is 27.2 Å². The zero-order valence-electron chi connectivity index (χ0n) is 15.4. The third-order valence-electron chi connectivity index (χ3n) is 4.10. The minimum atomic E-state index is -1.66. The Bertz CT molecular complexity index is 1030. The summed E-state index contributed by atoms with van der Waals surface area (Å²) >= 11 is 0. The van der Waals surface area contributed by atoms with Crippen LogP contribution in [0, 0.1) is 38.2 Å². The number of benzene rings is 2. The average molecular weight is 386 g/mol. The van der Waals surface area contributed by atoms with Gasteiger partial charge in [-0.15, -0.1) is 0 Å². The SMILES string of the molecule is Cc1cc(C)c(Nc2cnc(C(=O)Nc3ccc(F)c(F)c3F)cn2)c(C)c1. The van der Waals surface area contributed by atoms with Crippen molar-refractivity contribution >= 4 is 23.1 Å². The highest BCUT2D eigenvalue weighted by atomic mass is 19.2. The van der Waals surface area contributed by atoms with Gasteiger partial charge in [0.05, 0.1) is 18.1 Å². The maximum atomic E-state index is 13.7. The number of aryl methyl sites for hydroxylation is 3. The van der Waals surface area contributed by atoms with Crippen LogP contribution >= 0.6 is 0 Å². The first-order valence-electron chi connectivity index (χ1n) is 8.38. The van der Waals surface area contributed by atoms with Crippen molar-refractivity contribution in [1.29, 1.82) is 0 Å². The normalized spacial score (nSPS) is 10.6. The van der Waals surface area contributed by atoms with Crippen molar-refractivity contribution in [1.82, 2.24) is 9.97 Å². The van der Waals surface area contributed by atoms with Gasteiger partial charge in [-0.05, 0) is 44.0 Å². The predicted octanol–water partition coefficient (Wildman–Crippen LogP) is 4.82. The van der Waals surface area contributed by atoms with Gasteiger partial charge in [0.2, 0.25) is 0 Å². The first kappa shape index (κ1) is 19.3. The van der Waals surface area contributed by atoms with Crippen molar-refractivity contribution in [3.8, 4) is 0 Å². The molecule has 144 valence electrons. The largest absolute Gasteiger partial charge is 0.339 e. The molecule has 0 unspecified atom stereocenters. The number of amides is 1. The number of halogens is 3. The lowest BCUT2D eigenvalue weighted by Crippen LogP contribution is -2.16. The van der Waals surface area contributed by atoms with Gasteiger partial charge in [-0.1, -0.05) is 17.7 Å². The topological polar surface area (TPSA) is 66.9 Å². The van der Waals surface area contributed by atoms with E-state index in [1.54, 1.807) is 0 Å². The molecule has 3 aromatic rings. The maximum Gasteiger partial charge on any atom is 0.275 e. The van der Waals surface area contributed by atoms with Crippen molar-refractivity contribution in [2.75, 3.05) is 10.6 Å². The Labute approximate surface area is 159 Å². The van der Waals surface area contributed by atoms with Crippen molar-refractivity contribution in [3.63, 3.8) is 0 Å². The van der Waals surface area contributed by atoms with E-state index >= 15 is 0 Å². The van der Waals surface area contributed by atoms with Crippen LogP contribution < -0.4 is 10.6 Å². The Kier molecular flexibility index (Phi) is 5.30. The number of hydrogen-bond donors (Lipinski definition) is 2. The molecule has 0 atom stereocenters. The van der Waals surface area contributed by atoms with Gasteiger partial charge in [0.1, 0.15) is 11.5 Å². The monoisotopic (exact) mass is 386 g/mol. The molecule has 0 bridgehead atoms. The summed E-state index contributed by atoms with van der Waals surface area (Å²) in [6.45, 7) is 5.94. The van der Waals surface area contributed by atoms with E-state index in [1.165, 1.54) is 12.4 Å². The number of carbonyl (C=O) groups excluding carboxylic acids is 1. The Hall–Kier alpha value is -3.42. The molecule has 0 aliphatic carbocycles. The summed E-state index contributed by atoms with van der Waals surface area (Å²) in [6.07, 6.45) is 2.56. The maximum absolute atomic E-state index is 13.7. The molecule has 1 aromatic heterocycles. The fraction of sp³-hybridized carbons (Fsp3) is 0.150. The van der Waals surface area contributed by atoms with Gasteiger partial charge >= 0.3 is 0 Å². The molecule has 8 heteroatoms. The molecule has 0 spiro atoms. The van der Waals surface area contributed by atoms with Crippen LogP contribution in [0.3, 0.4) is 0 Å². The summed E-state index contributed by atoms with van der Waals surface area (Å²) in [5.41, 5.74) is 3.51. The highest BCUT2D eigenvalue weighted by Gasteiger charge is 2.17. The van der Waals surface area contributed by atoms with Crippen LogP contribution in [0.2, 0.25) is 0 Å². The standard InChI is InChI=1S/C20H17F3N4O/c1-10-6-11(2)19(12(3)7-10)27-16-9-24-15(8-25-16)20(28)26-14-5-4-13(21)17(22)18(14)23/h4-9H,1-3H3,(H,25,27)(H,26,28). The average Bonchev–Trinajstić information content (AvgIpc) is 2.65. The van der Waals surface area contributed by atoms with Gasteiger partial charge in [0.15, 0.2) is 17.5 Å². The van der Waals surface area contributed by atoms with Crippen LogP contribution in [0.25, 0.3) is 0 Å². The molecule has 1 amide bonds. The minimum absolute atomic E-state index is 0.105. The van der Waals surface area contributed by atoms with Crippen molar-refractivity contribution in [2.45, 2.75) is 20.8 Å². The smallest absolute Gasteiger partial charge is 0.275 e. The van der Waals surface area contributed by atoms with Crippen molar-refractivity contribution in [3.05, 3.63) is 76.5 Å². The summed E-state index contributed by atoms with van der Waals surface area (Å²) in [7, 11) is 0. The number of nitrogens with one attached hydrogen (secondary N) is 2. The summed E-state index contributed by atoms with van der Waals surface area (Å²) < 4.78 is 39.9. The molecule has 0 saturated carbocycles. The zero-order valence-corrected chi connectivity index (χ0v) is 15.4. The Morgan fingerprint density at radius 2 is 1.61 bits per heavy atom. The van der Waals surface area contributed by atoms with Crippen LogP contribution in [0.15, 0.2) is 36.7 Å². The molecule has 5 nitrogen and oxygen atoms in total. The molecular formula is C20H17F3N4O. The summed E-state index contributed by atoms with van der Waals surface area (Å²) in [6, 6.07) is 5.71. The highest BCUT2D eigenvalue weighted by molar-refractivity contribution is 6.02. The second-order valence-corrected chi connectivity index (χ2v) is 6.36. The molecule has 0 aliphatic rings. The summed E-state index contributed by atoms with van der Waals surface area (Å²) in [4.78, 5) is 20.3. The van der Waals surface area contributed by atoms with E-state index in [0.29, 0.717) is 5.82 Å². The summed E-state index contributed by atoms with van der Waals surface area (Å²) in [5, 5.41) is 5.29. The lowest BCUT2D eigenvalue weighted by molar-refractivity contribution is 0.102. The van der Waals surface area contributed by atoms with E-state index < -0.39 is 29.0 Å². The molecule has 2 N–H and O–H groups in total. The third-order valence-corrected chi connectivity index (χ3v) is 4.10. The number of nitrogens with zero attached hydrogens (tertiary/aromatic N) is 2.